The third-order valence-corrected chi connectivity index (χ3v) is 4.97. The molecule has 0 aliphatic heterocycles. The van der Waals surface area contributed by atoms with Crippen molar-refractivity contribution < 1.29 is 8.42 Å². The largest absolute Gasteiger partial charge is 0.349 e. The molecule has 0 amide bonds. The fraction of sp³-hybridized carbons (Fsp3) is 0.600. The van der Waals surface area contributed by atoms with E-state index in [4.69, 9.17) is 6.42 Å². The van der Waals surface area contributed by atoms with E-state index in [0.717, 1.165) is 25.1 Å². The highest BCUT2D eigenvalue weighted by Crippen LogP contribution is 2.20. The lowest BCUT2D eigenvalue weighted by molar-refractivity contribution is 0.445. The van der Waals surface area contributed by atoms with Gasteiger partial charge < -0.3 is 9.88 Å². The summed E-state index contributed by atoms with van der Waals surface area (Å²) in [7, 11) is -1.68. The van der Waals surface area contributed by atoms with Crippen LogP contribution >= 0.6 is 0 Å². The smallest absolute Gasteiger partial charge is 0.245 e. The van der Waals surface area contributed by atoms with Crippen molar-refractivity contribution in [2.24, 2.45) is 0 Å². The maximum absolute atomic E-state index is 12.7. The van der Waals surface area contributed by atoms with Crippen LogP contribution < -0.4 is 5.32 Å². The first kappa shape index (κ1) is 17.8. The van der Waals surface area contributed by atoms with Crippen molar-refractivity contribution in [2.45, 2.75) is 44.7 Å². The molecule has 0 saturated heterocycles. The highest BCUT2D eigenvalue weighted by molar-refractivity contribution is 7.89. The summed E-state index contributed by atoms with van der Waals surface area (Å²) in [5.41, 5.74) is 0.968. The minimum absolute atomic E-state index is 0.108. The lowest BCUT2D eigenvalue weighted by Crippen LogP contribution is -2.32. The number of sulfonamides is 1. The monoisotopic (exact) mass is 311 g/mol. The van der Waals surface area contributed by atoms with Gasteiger partial charge in [0.1, 0.15) is 4.90 Å². The molecule has 21 heavy (non-hydrogen) atoms. The van der Waals surface area contributed by atoms with Gasteiger partial charge in [0.2, 0.25) is 10.0 Å². The zero-order valence-electron chi connectivity index (χ0n) is 13.1. The fourth-order valence-electron chi connectivity index (χ4n) is 2.23. The third-order valence-electron chi connectivity index (χ3n) is 3.16. The van der Waals surface area contributed by atoms with Gasteiger partial charge in [0, 0.05) is 31.5 Å². The van der Waals surface area contributed by atoms with Gasteiger partial charge in [-0.2, -0.15) is 4.31 Å². The summed E-state index contributed by atoms with van der Waals surface area (Å²) in [5.74, 6) is 2.43. The van der Waals surface area contributed by atoms with Crippen molar-refractivity contribution in [3.05, 3.63) is 18.0 Å². The molecular weight excluding hydrogens is 286 g/mol. The van der Waals surface area contributed by atoms with Crippen LogP contribution in [0.15, 0.2) is 17.2 Å². The quantitative estimate of drug-likeness (QED) is 0.706. The summed E-state index contributed by atoms with van der Waals surface area (Å²) in [4.78, 5) is 0.324. The Balaban J connectivity index is 3.17. The molecule has 5 nitrogen and oxygen atoms in total. The van der Waals surface area contributed by atoms with Crippen molar-refractivity contribution in [3.63, 3.8) is 0 Å². The third kappa shape index (κ3) is 4.34. The molecule has 1 heterocycles. The molecular formula is C15H25N3O2S. The van der Waals surface area contributed by atoms with E-state index in [-0.39, 0.29) is 6.54 Å². The van der Waals surface area contributed by atoms with Gasteiger partial charge in [-0.3, -0.25) is 0 Å². The van der Waals surface area contributed by atoms with E-state index in [0.29, 0.717) is 18.0 Å². The number of nitrogens with one attached hydrogen (secondary N) is 1. The van der Waals surface area contributed by atoms with Crippen LogP contribution in [0.2, 0.25) is 0 Å². The maximum Gasteiger partial charge on any atom is 0.245 e. The highest BCUT2D eigenvalue weighted by atomic mass is 32.2. The Morgan fingerprint density at radius 2 is 2.10 bits per heavy atom. The summed E-state index contributed by atoms with van der Waals surface area (Å²) >= 11 is 0. The van der Waals surface area contributed by atoms with Gasteiger partial charge >= 0.3 is 0 Å². The highest BCUT2D eigenvalue weighted by Gasteiger charge is 2.25. The van der Waals surface area contributed by atoms with Crippen molar-refractivity contribution in [1.29, 1.82) is 0 Å². The number of hydrogen-bond acceptors (Lipinski definition) is 3. The Morgan fingerprint density at radius 1 is 1.38 bits per heavy atom. The molecule has 1 aromatic heterocycles. The molecule has 0 unspecified atom stereocenters. The molecule has 0 fully saturated rings. The summed E-state index contributed by atoms with van der Waals surface area (Å²) in [5, 5.41) is 3.07. The topological polar surface area (TPSA) is 54.3 Å². The fourth-order valence-corrected chi connectivity index (χ4v) is 3.74. The minimum atomic E-state index is -3.52. The predicted molar refractivity (Wildman–Crippen MR) is 85.4 cm³/mol. The van der Waals surface area contributed by atoms with Gasteiger partial charge in [0.05, 0.1) is 6.54 Å². The van der Waals surface area contributed by atoms with Gasteiger partial charge in [-0.1, -0.05) is 19.8 Å². The lowest BCUT2D eigenvalue weighted by atomic mass is 10.4. The average Bonchev–Trinajstić information content (AvgIpc) is 2.83. The molecule has 6 heteroatoms. The van der Waals surface area contributed by atoms with E-state index >= 15 is 0 Å². The van der Waals surface area contributed by atoms with E-state index in [1.165, 1.54) is 4.31 Å². The van der Waals surface area contributed by atoms with Crippen LogP contribution in [0.1, 0.15) is 32.4 Å². The van der Waals surface area contributed by atoms with Crippen LogP contribution in [0.4, 0.5) is 0 Å². The lowest BCUT2D eigenvalue weighted by Gasteiger charge is -2.18. The first-order chi connectivity index (χ1) is 10.0. The van der Waals surface area contributed by atoms with Gasteiger partial charge in [0.15, 0.2) is 0 Å². The van der Waals surface area contributed by atoms with Crippen LogP contribution in [0.25, 0.3) is 0 Å². The standard InChI is InChI=1S/C15H25N3O2S/c1-5-8-17-13-15(11-14(17)12-16-4)21(19,20)18(9-6-2)10-7-3/h2,11,13,16H,5,7-10,12H2,1,3-4H3. The Hall–Kier alpha value is -1.29. The zero-order valence-corrected chi connectivity index (χ0v) is 13.9. The predicted octanol–water partition coefficient (Wildman–Crippen LogP) is 1.65. The van der Waals surface area contributed by atoms with Crippen molar-refractivity contribution in [1.82, 2.24) is 14.2 Å². The van der Waals surface area contributed by atoms with Crippen LogP contribution in [0.3, 0.4) is 0 Å². The minimum Gasteiger partial charge on any atom is -0.349 e. The van der Waals surface area contributed by atoms with E-state index in [1.54, 1.807) is 12.3 Å². The van der Waals surface area contributed by atoms with Crippen molar-refractivity contribution in [3.8, 4) is 12.3 Å². The second-order valence-corrected chi connectivity index (χ2v) is 6.87. The summed E-state index contributed by atoms with van der Waals surface area (Å²) in [6.45, 7) is 5.99. The Kier molecular flexibility index (Phi) is 6.96. The number of aryl methyl sites for hydroxylation is 1. The molecule has 0 bridgehead atoms. The molecule has 1 N–H and O–H groups in total. The first-order valence-corrected chi connectivity index (χ1v) is 8.72. The van der Waals surface area contributed by atoms with E-state index in [9.17, 15) is 8.42 Å². The second kappa shape index (κ2) is 8.23. The Bertz CT molecular complexity index is 561. The van der Waals surface area contributed by atoms with Crippen molar-refractivity contribution >= 4 is 10.0 Å². The Labute approximate surface area is 128 Å². The van der Waals surface area contributed by atoms with Gasteiger partial charge in [0.25, 0.3) is 0 Å². The van der Waals surface area contributed by atoms with Crippen LogP contribution in [0.5, 0.6) is 0 Å². The molecule has 1 rings (SSSR count). The summed E-state index contributed by atoms with van der Waals surface area (Å²) < 4.78 is 28.7. The van der Waals surface area contributed by atoms with Crippen molar-refractivity contribution in [2.75, 3.05) is 20.1 Å². The van der Waals surface area contributed by atoms with Crippen LogP contribution in [-0.4, -0.2) is 37.4 Å². The molecule has 118 valence electrons. The normalized spacial score (nSPS) is 11.8. The number of terminal acetylenes is 1. The molecule has 0 aliphatic rings. The summed E-state index contributed by atoms with van der Waals surface area (Å²) in [6, 6.07) is 1.74. The summed E-state index contributed by atoms with van der Waals surface area (Å²) in [6.07, 6.45) is 8.69. The SMILES string of the molecule is C#CCN(CCC)S(=O)(=O)c1cc(CNC)n(CCC)c1. The number of aromatic nitrogens is 1. The first-order valence-electron chi connectivity index (χ1n) is 7.28. The number of rotatable bonds is 9. The molecule has 1 aromatic rings. The van der Waals surface area contributed by atoms with Gasteiger partial charge in [-0.15, -0.1) is 6.42 Å². The molecule has 0 aliphatic carbocycles. The van der Waals surface area contributed by atoms with Gasteiger partial charge in [-0.25, -0.2) is 8.42 Å². The average molecular weight is 311 g/mol. The maximum atomic E-state index is 12.7. The molecule has 0 spiro atoms. The number of hydrogen-bond donors (Lipinski definition) is 1. The molecule has 0 atom stereocenters. The second-order valence-electron chi connectivity index (χ2n) is 4.93. The van der Waals surface area contributed by atoms with Crippen LogP contribution in [0, 0.1) is 12.3 Å². The molecule has 0 radical (unpaired) electrons. The molecule has 0 aromatic carbocycles. The zero-order chi connectivity index (χ0) is 15.9. The Morgan fingerprint density at radius 3 is 2.62 bits per heavy atom. The van der Waals surface area contributed by atoms with E-state index in [1.807, 2.05) is 18.5 Å². The van der Waals surface area contributed by atoms with E-state index < -0.39 is 10.0 Å². The van der Waals surface area contributed by atoms with E-state index in [2.05, 4.69) is 18.2 Å². The number of nitrogens with zero attached hydrogens (tertiary/aromatic N) is 2. The van der Waals surface area contributed by atoms with Gasteiger partial charge in [-0.05, 0) is 26.0 Å². The van der Waals surface area contributed by atoms with Crippen LogP contribution in [-0.2, 0) is 23.1 Å². The molecule has 0 saturated carbocycles.